The van der Waals surface area contributed by atoms with E-state index in [9.17, 15) is 22.4 Å². The summed E-state index contributed by atoms with van der Waals surface area (Å²) < 4.78 is 44.7. The molecular weight excluding hydrogens is 473 g/mol. The number of carbonyl (C=O) groups excluding carboxylic acids is 2. The second-order valence-corrected chi connectivity index (χ2v) is 10.1. The number of halogens is 1. The summed E-state index contributed by atoms with van der Waals surface area (Å²) in [5.41, 5.74) is 0.915. The summed E-state index contributed by atoms with van der Waals surface area (Å²) in [4.78, 5) is 27.9. The van der Waals surface area contributed by atoms with E-state index in [4.69, 9.17) is 4.74 Å². The molecule has 1 atom stereocenters. The molecule has 0 saturated carbocycles. The summed E-state index contributed by atoms with van der Waals surface area (Å²) in [5.74, 6) is -0.736. The first-order chi connectivity index (χ1) is 16.6. The molecule has 0 heterocycles. The fraction of sp³-hybridized carbons (Fsp3) is 0.440. The largest absolute Gasteiger partial charge is 0.497 e. The number of rotatable bonds is 13. The van der Waals surface area contributed by atoms with Crippen LogP contribution < -0.4 is 14.4 Å². The van der Waals surface area contributed by atoms with Crippen molar-refractivity contribution >= 4 is 27.5 Å². The molecule has 1 unspecified atom stereocenters. The third-order valence-electron chi connectivity index (χ3n) is 5.52. The van der Waals surface area contributed by atoms with Gasteiger partial charge in [-0.05, 0) is 54.8 Å². The van der Waals surface area contributed by atoms with E-state index in [0.29, 0.717) is 30.0 Å². The Labute approximate surface area is 207 Å². The fourth-order valence-electron chi connectivity index (χ4n) is 3.57. The van der Waals surface area contributed by atoms with E-state index in [-0.39, 0.29) is 12.5 Å². The minimum atomic E-state index is -3.82. The van der Waals surface area contributed by atoms with Crippen LogP contribution in [0.1, 0.15) is 38.7 Å². The van der Waals surface area contributed by atoms with Gasteiger partial charge in [-0.1, -0.05) is 32.4 Å². The first-order valence-electron chi connectivity index (χ1n) is 11.5. The van der Waals surface area contributed by atoms with Crippen LogP contribution in [0.15, 0.2) is 48.5 Å². The van der Waals surface area contributed by atoms with Crippen molar-refractivity contribution in [1.29, 1.82) is 0 Å². The Kier molecular flexibility index (Phi) is 10.5. The maximum absolute atomic E-state index is 13.5. The molecule has 0 aliphatic carbocycles. The number of methoxy groups -OCH3 is 1. The van der Waals surface area contributed by atoms with Crippen LogP contribution in [0.4, 0.5) is 10.1 Å². The van der Waals surface area contributed by atoms with E-state index in [2.05, 4.69) is 5.32 Å². The number of carbonyl (C=O) groups is 2. The van der Waals surface area contributed by atoms with Crippen molar-refractivity contribution in [1.82, 2.24) is 10.2 Å². The van der Waals surface area contributed by atoms with Crippen LogP contribution in [0.2, 0.25) is 0 Å². The second kappa shape index (κ2) is 13.1. The van der Waals surface area contributed by atoms with Crippen LogP contribution in [-0.2, 0) is 26.2 Å². The number of sulfonamides is 1. The van der Waals surface area contributed by atoms with Gasteiger partial charge in [0.25, 0.3) is 0 Å². The Morgan fingerprint density at radius 1 is 1.06 bits per heavy atom. The standard InChI is InChI=1S/C25H34FN3O5S/c1-5-7-16-27-25(31)23(6-2)28(17-19-8-10-20(26)11-9-19)24(30)18-29(35(4,32)33)21-12-14-22(34-3)15-13-21/h8-15,23H,5-7,16-18H2,1-4H3,(H,27,31). The van der Waals surface area contributed by atoms with E-state index in [1.807, 2.05) is 6.92 Å². The highest BCUT2D eigenvalue weighted by Gasteiger charge is 2.31. The first kappa shape index (κ1) is 28.1. The van der Waals surface area contributed by atoms with Gasteiger partial charge in [-0.25, -0.2) is 12.8 Å². The molecule has 192 valence electrons. The smallest absolute Gasteiger partial charge is 0.244 e. The molecule has 0 aliphatic heterocycles. The number of nitrogens with zero attached hydrogens (tertiary/aromatic N) is 2. The number of hydrogen-bond acceptors (Lipinski definition) is 5. The summed E-state index contributed by atoms with van der Waals surface area (Å²) in [7, 11) is -2.32. The lowest BCUT2D eigenvalue weighted by atomic mass is 10.1. The Hall–Kier alpha value is -3.14. The quantitative estimate of drug-likeness (QED) is 0.420. The average Bonchev–Trinajstić information content (AvgIpc) is 2.83. The van der Waals surface area contributed by atoms with Crippen LogP contribution >= 0.6 is 0 Å². The van der Waals surface area contributed by atoms with Crippen molar-refractivity contribution in [3.05, 3.63) is 59.9 Å². The molecule has 0 radical (unpaired) electrons. The summed E-state index contributed by atoms with van der Waals surface area (Å²) in [5, 5.41) is 2.85. The lowest BCUT2D eigenvalue weighted by Crippen LogP contribution is -2.52. The van der Waals surface area contributed by atoms with Crippen molar-refractivity contribution in [2.45, 2.75) is 45.7 Å². The van der Waals surface area contributed by atoms with Crippen molar-refractivity contribution in [3.8, 4) is 5.75 Å². The van der Waals surface area contributed by atoms with Crippen LogP contribution in [0.3, 0.4) is 0 Å². The van der Waals surface area contributed by atoms with Gasteiger partial charge in [-0.3, -0.25) is 13.9 Å². The molecule has 35 heavy (non-hydrogen) atoms. The Bertz CT molecular complexity index is 1080. The van der Waals surface area contributed by atoms with Crippen LogP contribution in [-0.4, -0.2) is 57.6 Å². The lowest BCUT2D eigenvalue weighted by Gasteiger charge is -2.33. The molecule has 0 fully saturated rings. The summed E-state index contributed by atoms with van der Waals surface area (Å²) in [6.45, 7) is 3.80. The zero-order valence-corrected chi connectivity index (χ0v) is 21.5. The van der Waals surface area contributed by atoms with Crippen molar-refractivity contribution in [3.63, 3.8) is 0 Å². The molecular formula is C25H34FN3O5S. The zero-order chi connectivity index (χ0) is 26.0. The number of benzene rings is 2. The molecule has 8 nitrogen and oxygen atoms in total. The molecule has 2 aromatic carbocycles. The molecule has 2 aromatic rings. The van der Waals surface area contributed by atoms with Gasteiger partial charge in [-0.2, -0.15) is 0 Å². The third-order valence-corrected chi connectivity index (χ3v) is 6.66. The summed E-state index contributed by atoms with van der Waals surface area (Å²) in [6.07, 6.45) is 3.05. The third kappa shape index (κ3) is 8.24. The first-order valence-corrected chi connectivity index (χ1v) is 13.4. The predicted octanol–water partition coefficient (Wildman–Crippen LogP) is 3.32. The lowest BCUT2D eigenvalue weighted by molar-refractivity contribution is -0.140. The minimum absolute atomic E-state index is 0.0268. The van der Waals surface area contributed by atoms with Gasteiger partial charge in [0, 0.05) is 13.1 Å². The van der Waals surface area contributed by atoms with Gasteiger partial charge in [0.15, 0.2) is 0 Å². The van der Waals surface area contributed by atoms with Crippen LogP contribution in [0.5, 0.6) is 5.75 Å². The van der Waals surface area contributed by atoms with E-state index in [1.165, 1.54) is 36.3 Å². The predicted molar refractivity (Wildman–Crippen MR) is 134 cm³/mol. The number of anilines is 1. The van der Waals surface area contributed by atoms with Crippen LogP contribution in [0.25, 0.3) is 0 Å². The highest BCUT2D eigenvalue weighted by Crippen LogP contribution is 2.22. The Morgan fingerprint density at radius 3 is 2.20 bits per heavy atom. The van der Waals surface area contributed by atoms with E-state index in [0.717, 1.165) is 23.4 Å². The summed E-state index contributed by atoms with van der Waals surface area (Å²) in [6, 6.07) is 11.1. The number of amides is 2. The van der Waals surface area contributed by atoms with Gasteiger partial charge in [0.1, 0.15) is 24.2 Å². The molecule has 0 spiro atoms. The van der Waals surface area contributed by atoms with Crippen molar-refractivity contribution < 1.29 is 27.1 Å². The second-order valence-electron chi connectivity index (χ2n) is 8.18. The maximum Gasteiger partial charge on any atom is 0.244 e. The minimum Gasteiger partial charge on any atom is -0.497 e. The molecule has 0 saturated heterocycles. The topological polar surface area (TPSA) is 96.0 Å². The normalized spacial score (nSPS) is 12.0. The fourth-order valence-corrected chi connectivity index (χ4v) is 4.42. The number of nitrogens with one attached hydrogen (secondary N) is 1. The monoisotopic (exact) mass is 507 g/mol. The molecule has 0 aliphatic rings. The van der Waals surface area contributed by atoms with Crippen LogP contribution in [0, 0.1) is 5.82 Å². The molecule has 10 heteroatoms. The van der Waals surface area contributed by atoms with Gasteiger partial charge in [0.05, 0.1) is 19.1 Å². The van der Waals surface area contributed by atoms with E-state index < -0.39 is 34.3 Å². The highest BCUT2D eigenvalue weighted by atomic mass is 32.2. The maximum atomic E-state index is 13.5. The number of hydrogen-bond donors (Lipinski definition) is 1. The highest BCUT2D eigenvalue weighted by molar-refractivity contribution is 7.92. The Morgan fingerprint density at radius 2 is 1.69 bits per heavy atom. The molecule has 0 aromatic heterocycles. The molecule has 2 rings (SSSR count). The summed E-state index contributed by atoms with van der Waals surface area (Å²) >= 11 is 0. The average molecular weight is 508 g/mol. The van der Waals surface area contributed by atoms with Gasteiger partial charge >= 0.3 is 0 Å². The Balaban J connectivity index is 2.38. The number of unbranched alkanes of at least 4 members (excludes halogenated alkanes) is 1. The molecule has 1 N–H and O–H groups in total. The van der Waals surface area contributed by atoms with Gasteiger partial charge < -0.3 is 15.0 Å². The zero-order valence-electron chi connectivity index (χ0n) is 20.7. The molecule has 0 bridgehead atoms. The van der Waals surface area contributed by atoms with E-state index >= 15 is 0 Å². The molecule has 2 amide bonds. The van der Waals surface area contributed by atoms with E-state index in [1.54, 1.807) is 31.2 Å². The van der Waals surface area contributed by atoms with Crippen molar-refractivity contribution in [2.75, 3.05) is 30.8 Å². The van der Waals surface area contributed by atoms with Gasteiger partial charge in [-0.15, -0.1) is 0 Å². The van der Waals surface area contributed by atoms with Gasteiger partial charge in [0.2, 0.25) is 21.8 Å². The SMILES string of the molecule is CCCCNC(=O)C(CC)N(Cc1ccc(F)cc1)C(=O)CN(c1ccc(OC)cc1)S(C)(=O)=O. The van der Waals surface area contributed by atoms with Crippen molar-refractivity contribution in [2.24, 2.45) is 0 Å². The number of ether oxygens (including phenoxy) is 1.